The van der Waals surface area contributed by atoms with Gasteiger partial charge in [0.2, 0.25) is 0 Å². The topological polar surface area (TPSA) is 0 Å². The van der Waals surface area contributed by atoms with Crippen molar-refractivity contribution in [2.24, 2.45) is 5.92 Å². The lowest BCUT2D eigenvalue weighted by Gasteiger charge is -2.37. The average Bonchev–Trinajstić information content (AvgIpc) is 2.02. The second-order valence-corrected chi connectivity index (χ2v) is 6.25. The fraction of sp³-hybridized carbons (Fsp3) is 1.00. The third kappa shape index (κ3) is 2.59. The van der Waals surface area contributed by atoms with Gasteiger partial charge in [-0.15, -0.1) is 0 Å². The smallest absolute Gasteiger partial charge is 0.218 e. The summed E-state index contributed by atoms with van der Waals surface area (Å²) in [6, 6.07) is 0. The van der Waals surface area contributed by atoms with E-state index in [-0.39, 0.29) is 4.83 Å². The van der Waals surface area contributed by atoms with Gasteiger partial charge in [-0.05, 0) is 28.8 Å². The molecule has 1 saturated carbocycles. The fourth-order valence-corrected chi connectivity index (χ4v) is 3.36. The van der Waals surface area contributed by atoms with Crippen LogP contribution in [0.15, 0.2) is 0 Å². The molecule has 6 heteroatoms. The second-order valence-electron chi connectivity index (χ2n) is 3.53. The van der Waals surface area contributed by atoms with Gasteiger partial charge in [-0.25, -0.2) is 4.39 Å². The largest absolute Gasteiger partial charge is 0.348 e. The van der Waals surface area contributed by atoms with Crippen LogP contribution in [0.2, 0.25) is 0 Å². The summed E-state index contributed by atoms with van der Waals surface area (Å²) >= 11 is 10.5. The van der Waals surface area contributed by atoms with Crippen molar-refractivity contribution in [3.05, 3.63) is 0 Å². The lowest BCUT2D eigenvalue weighted by atomic mass is 9.85. The molecule has 1 fully saturated rings. The standard InChI is InChI=1S/C8H10Br2ClF3/c9-6-4-2-1-3-5(6)7(11,12)8(10,13)14/h5-6H,1-4H2/t5-,6-,7-/m0/s1. The van der Waals surface area contributed by atoms with Crippen molar-refractivity contribution >= 4 is 43.5 Å². The molecule has 0 aromatic rings. The summed E-state index contributed by atoms with van der Waals surface area (Å²) in [6.07, 6.45) is 2.74. The third-order valence-corrected chi connectivity index (χ3v) is 4.94. The Labute approximate surface area is 103 Å². The van der Waals surface area contributed by atoms with E-state index in [0.717, 1.165) is 12.8 Å². The van der Waals surface area contributed by atoms with Crippen LogP contribution in [0.4, 0.5) is 13.2 Å². The van der Waals surface area contributed by atoms with E-state index in [4.69, 9.17) is 11.6 Å². The highest BCUT2D eigenvalue weighted by Crippen LogP contribution is 2.52. The van der Waals surface area contributed by atoms with Crippen LogP contribution < -0.4 is 0 Å². The van der Waals surface area contributed by atoms with E-state index in [1.54, 1.807) is 0 Å². The van der Waals surface area contributed by atoms with Crippen LogP contribution in [-0.2, 0) is 0 Å². The Morgan fingerprint density at radius 3 is 2.07 bits per heavy atom. The number of hydrogen-bond acceptors (Lipinski definition) is 0. The van der Waals surface area contributed by atoms with Crippen molar-refractivity contribution in [2.75, 3.05) is 0 Å². The molecule has 0 amide bonds. The second kappa shape index (κ2) is 4.50. The van der Waals surface area contributed by atoms with Gasteiger partial charge >= 0.3 is 4.83 Å². The molecule has 0 spiro atoms. The maximum Gasteiger partial charge on any atom is 0.348 e. The van der Waals surface area contributed by atoms with Gasteiger partial charge < -0.3 is 0 Å². The number of rotatable bonds is 2. The van der Waals surface area contributed by atoms with Gasteiger partial charge in [-0.3, -0.25) is 0 Å². The predicted molar refractivity (Wildman–Crippen MR) is 58.2 cm³/mol. The minimum Gasteiger partial charge on any atom is -0.218 e. The molecule has 0 bridgehead atoms. The van der Waals surface area contributed by atoms with Gasteiger partial charge in [0.15, 0.2) is 0 Å². The summed E-state index contributed by atoms with van der Waals surface area (Å²) in [5, 5.41) is -3.01. The van der Waals surface area contributed by atoms with E-state index in [1.165, 1.54) is 0 Å². The quantitative estimate of drug-likeness (QED) is 0.620. The molecule has 0 aromatic heterocycles. The van der Waals surface area contributed by atoms with Crippen molar-refractivity contribution < 1.29 is 13.2 Å². The van der Waals surface area contributed by atoms with Gasteiger partial charge in [0, 0.05) is 10.7 Å². The first-order chi connectivity index (χ1) is 6.27. The van der Waals surface area contributed by atoms with E-state index in [9.17, 15) is 13.2 Å². The minimum atomic E-state index is -3.68. The van der Waals surface area contributed by atoms with Crippen molar-refractivity contribution in [1.29, 1.82) is 0 Å². The molecule has 0 nitrogen and oxygen atoms in total. The Bertz CT molecular complexity index is 205. The molecule has 0 heterocycles. The van der Waals surface area contributed by atoms with E-state index in [1.807, 2.05) is 15.9 Å². The van der Waals surface area contributed by atoms with E-state index in [2.05, 4.69) is 15.9 Å². The zero-order valence-corrected chi connectivity index (χ0v) is 11.2. The number of alkyl halides is 6. The van der Waals surface area contributed by atoms with Crippen LogP contribution in [0.25, 0.3) is 0 Å². The molecule has 1 rings (SSSR count). The van der Waals surface area contributed by atoms with Gasteiger partial charge in [-0.1, -0.05) is 40.4 Å². The summed E-state index contributed by atoms with van der Waals surface area (Å²) in [4.78, 5) is -3.96. The molecule has 0 aromatic carbocycles. The Kier molecular flexibility index (Phi) is 4.21. The summed E-state index contributed by atoms with van der Waals surface area (Å²) in [6.45, 7) is 0. The molecule has 3 atom stereocenters. The Hall–Kier alpha value is 1.04. The highest BCUT2D eigenvalue weighted by molar-refractivity contribution is 9.10. The van der Waals surface area contributed by atoms with Crippen LogP contribution >= 0.6 is 43.5 Å². The number of hydrogen-bond donors (Lipinski definition) is 0. The van der Waals surface area contributed by atoms with Gasteiger partial charge in [0.1, 0.15) is 0 Å². The molecular weight excluding hydrogens is 348 g/mol. The highest BCUT2D eigenvalue weighted by atomic mass is 79.9. The first-order valence-electron chi connectivity index (χ1n) is 4.35. The monoisotopic (exact) mass is 356 g/mol. The molecule has 0 saturated heterocycles. The third-order valence-electron chi connectivity index (χ3n) is 2.53. The molecule has 84 valence electrons. The predicted octanol–water partition coefficient (Wildman–Crippen LogP) is 4.83. The normalized spacial score (nSPS) is 33.9. The molecule has 0 unspecified atom stereocenters. The summed E-state index contributed by atoms with van der Waals surface area (Å²) < 4.78 is 39.4. The molecule has 1 aliphatic rings. The zero-order chi connectivity index (χ0) is 11.0. The van der Waals surface area contributed by atoms with Crippen molar-refractivity contribution in [1.82, 2.24) is 0 Å². The first kappa shape index (κ1) is 13.1. The summed E-state index contributed by atoms with van der Waals surface area (Å²) in [5.74, 6) is -0.854. The zero-order valence-electron chi connectivity index (χ0n) is 7.25. The van der Waals surface area contributed by atoms with Crippen molar-refractivity contribution in [2.45, 2.75) is 40.5 Å². The molecule has 0 N–H and O–H groups in total. The van der Waals surface area contributed by atoms with Gasteiger partial charge in [0.25, 0.3) is 5.13 Å². The Morgan fingerprint density at radius 2 is 1.64 bits per heavy atom. The molecule has 14 heavy (non-hydrogen) atoms. The van der Waals surface area contributed by atoms with Gasteiger partial charge in [-0.2, -0.15) is 8.78 Å². The molecular formula is C8H10Br2ClF3. The van der Waals surface area contributed by atoms with E-state index >= 15 is 0 Å². The first-order valence-corrected chi connectivity index (χ1v) is 6.44. The molecule has 0 aliphatic heterocycles. The van der Waals surface area contributed by atoms with Crippen LogP contribution in [0.5, 0.6) is 0 Å². The lowest BCUT2D eigenvalue weighted by molar-refractivity contribution is -0.0447. The van der Waals surface area contributed by atoms with Crippen LogP contribution in [0.3, 0.4) is 0 Å². The average molecular weight is 358 g/mol. The van der Waals surface area contributed by atoms with E-state index < -0.39 is 15.9 Å². The number of halogens is 6. The molecule has 0 radical (unpaired) electrons. The van der Waals surface area contributed by atoms with Crippen LogP contribution in [0.1, 0.15) is 25.7 Å². The lowest BCUT2D eigenvalue weighted by Crippen LogP contribution is -2.46. The molecule has 1 aliphatic carbocycles. The van der Waals surface area contributed by atoms with Crippen LogP contribution in [-0.4, -0.2) is 14.8 Å². The maximum absolute atomic E-state index is 13.7. The van der Waals surface area contributed by atoms with Crippen LogP contribution in [0, 0.1) is 5.92 Å². The SMILES string of the molecule is FC(F)(Br)[C@](F)(Cl)[C@H]1CCCC[C@@H]1Br. The van der Waals surface area contributed by atoms with E-state index in [0.29, 0.717) is 12.8 Å². The van der Waals surface area contributed by atoms with Gasteiger partial charge in [0.05, 0.1) is 0 Å². The van der Waals surface area contributed by atoms with Crippen molar-refractivity contribution in [3.63, 3.8) is 0 Å². The Morgan fingerprint density at radius 1 is 1.14 bits per heavy atom. The summed E-state index contributed by atoms with van der Waals surface area (Å²) in [5.41, 5.74) is 0. The Balaban J connectivity index is 2.79. The summed E-state index contributed by atoms with van der Waals surface area (Å²) in [7, 11) is 0. The maximum atomic E-state index is 13.7. The minimum absolute atomic E-state index is 0.276. The highest BCUT2D eigenvalue weighted by Gasteiger charge is 2.58. The van der Waals surface area contributed by atoms with Crippen molar-refractivity contribution in [3.8, 4) is 0 Å². The fourth-order valence-electron chi connectivity index (χ4n) is 1.70.